The molecule has 2 heteroatoms. The fourth-order valence-corrected chi connectivity index (χ4v) is 7.77. The molecule has 0 aliphatic rings. The molecule has 0 aromatic carbocycles. The Labute approximate surface area is 292 Å². The van der Waals surface area contributed by atoms with Crippen molar-refractivity contribution in [3.05, 3.63) is 0 Å². The van der Waals surface area contributed by atoms with Crippen molar-refractivity contribution < 1.29 is 21.5 Å². The molecule has 0 aliphatic heterocycles. The molecule has 0 aromatic heterocycles. The van der Waals surface area contributed by atoms with Crippen molar-refractivity contribution in [3.8, 4) is 0 Å². The maximum Gasteiger partial charge on any atom is 0.0887 e. The van der Waals surface area contributed by atoms with E-state index in [1.807, 2.05) is 0 Å². The van der Waals surface area contributed by atoms with Crippen LogP contribution in [0.3, 0.4) is 0 Å². The zero-order valence-electron chi connectivity index (χ0n) is 31.9. The number of quaternary nitrogens is 1. The summed E-state index contributed by atoms with van der Waals surface area (Å²) >= 11 is 0. The summed E-state index contributed by atoms with van der Waals surface area (Å²) in [6.07, 6.45) is 48.1. The Morgan fingerprint density at radius 1 is 0.295 bits per heavy atom. The smallest absolute Gasteiger partial charge is 0.0887 e. The van der Waals surface area contributed by atoms with Crippen molar-refractivity contribution in [3.63, 3.8) is 0 Å². The predicted octanol–water partition coefficient (Wildman–Crippen LogP) is 12.1. The van der Waals surface area contributed by atoms with Crippen LogP contribution >= 0.6 is 0 Å². The zero-order valence-corrected chi connectivity index (χ0v) is 33.4. The molecule has 0 fully saturated rings. The van der Waals surface area contributed by atoms with Gasteiger partial charge in [-0.05, 0) is 57.8 Å². The third kappa shape index (κ3) is 28.6. The average molecular weight is 687 g/mol. The number of hydrogen-bond donors (Lipinski definition) is 0. The predicted molar refractivity (Wildman–Crippen MR) is 199 cm³/mol. The fraction of sp³-hybridized carbons (Fsp3) is 1.00. The first-order valence-corrected chi connectivity index (χ1v) is 21.1. The second-order valence-corrected chi connectivity index (χ2v) is 14.8. The minimum Gasteiger partial charge on any atom is -1.00 e. The fourth-order valence-electron chi connectivity index (χ4n) is 7.77. The molecule has 0 aliphatic carbocycles. The monoisotopic (exact) mass is 686 g/mol. The molecule has 1 unspecified atom stereocenters. The Morgan fingerprint density at radius 3 is 0.773 bits per heavy atom. The van der Waals surface area contributed by atoms with Crippen LogP contribution in [-0.2, 0) is 0 Å². The van der Waals surface area contributed by atoms with Crippen LogP contribution in [0, 0.1) is 0 Å². The standard InChI is InChI=1S/C42H88N.BrH/c1-6-11-15-19-23-27-31-35-39-43(40-36-32-28-24-20-16-12-7-2,41-37-33-29-25-21-17-13-8-3)42(10-5)38-34-30-26-22-18-14-9-4;/h42H,6-41H2,1-5H3;1H/q+1;/p-1. The molecule has 0 N–H and O–H groups in total. The van der Waals surface area contributed by atoms with E-state index in [1.165, 1.54) is 236 Å². The summed E-state index contributed by atoms with van der Waals surface area (Å²) in [7, 11) is 0. The highest BCUT2D eigenvalue weighted by atomic mass is 79.9. The normalized spacial score (nSPS) is 12.5. The summed E-state index contributed by atoms with van der Waals surface area (Å²) in [6, 6.07) is 0.911. The summed E-state index contributed by atoms with van der Waals surface area (Å²) in [6.45, 7) is 16.4. The third-order valence-corrected chi connectivity index (χ3v) is 10.8. The summed E-state index contributed by atoms with van der Waals surface area (Å²) < 4.78 is 1.49. The van der Waals surface area contributed by atoms with Gasteiger partial charge in [0.05, 0.1) is 25.7 Å². The first-order valence-electron chi connectivity index (χ1n) is 21.1. The highest BCUT2D eigenvalue weighted by molar-refractivity contribution is 4.64. The second kappa shape index (κ2) is 37.9. The van der Waals surface area contributed by atoms with Gasteiger partial charge in [0.15, 0.2) is 0 Å². The molecule has 0 aromatic rings. The van der Waals surface area contributed by atoms with Crippen LogP contribution in [-0.4, -0.2) is 30.2 Å². The number of unbranched alkanes of at least 4 members (excludes halogenated alkanes) is 27. The van der Waals surface area contributed by atoms with Gasteiger partial charge in [0.1, 0.15) is 0 Å². The van der Waals surface area contributed by atoms with Gasteiger partial charge in [-0.25, -0.2) is 0 Å². The molecule has 0 amide bonds. The lowest BCUT2D eigenvalue weighted by atomic mass is 9.96. The molecule has 0 radical (unpaired) electrons. The topological polar surface area (TPSA) is 0 Å². The maximum absolute atomic E-state index is 2.55. The van der Waals surface area contributed by atoms with Gasteiger partial charge in [-0.15, -0.1) is 0 Å². The van der Waals surface area contributed by atoms with Crippen molar-refractivity contribution >= 4 is 0 Å². The largest absolute Gasteiger partial charge is 1.00 e. The van der Waals surface area contributed by atoms with E-state index < -0.39 is 0 Å². The molecule has 44 heavy (non-hydrogen) atoms. The minimum absolute atomic E-state index is 0. The lowest BCUT2D eigenvalue weighted by Gasteiger charge is -2.46. The van der Waals surface area contributed by atoms with Crippen LogP contribution in [0.2, 0.25) is 0 Å². The van der Waals surface area contributed by atoms with Gasteiger partial charge in [0, 0.05) is 0 Å². The number of nitrogens with zero attached hydrogens (tertiary/aromatic N) is 1. The summed E-state index contributed by atoms with van der Waals surface area (Å²) in [5.74, 6) is 0. The van der Waals surface area contributed by atoms with Crippen LogP contribution < -0.4 is 17.0 Å². The molecular weight excluding hydrogens is 598 g/mol. The Bertz CT molecular complexity index is 456. The van der Waals surface area contributed by atoms with E-state index in [9.17, 15) is 0 Å². The molecule has 0 spiro atoms. The molecule has 268 valence electrons. The van der Waals surface area contributed by atoms with Crippen LogP contribution in [0.15, 0.2) is 0 Å². The van der Waals surface area contributed by atoms with E-state index >= 15 is 0 Å². The quantitative estimate of drug-likeness (QED) is 0.0451. The van der Waals surface area contributed by atoms with Crippen molar-refractivity contribution in [2.24, 2.45) is 0 Å². The Hall–Kier alpha value is 0.440. The lowest BCUT2D eigenvalue weighted by Crippen LogP contribution is -3.00. The van der Waals surface area contributed by atoms with Gasteiger partial charge in [0.2, 0.25) is 0 Å². The minimum atomic E-state index is 0. The lowest BCUT2D eigenvalue weighted by molar-refractivity contribution is -0.952. The van der Waals surface area contributed by atoms with Gasteiger partial charge < -0.3 is 21.5 Å². The molecule has 0 rings (SSSR count). The highest BCUT2D eigenvalue weighted by Crippen LogP contribution is 2.28. The van der Waals surface area contributed by atoms with Gasteiger partial charge in [-0.1, -0.05) is 189 Å². The van der Waals surface area contributed by atoms with Gasteiger partial charge in [-0.3, -0.25) is 0 Å². The Kier molecular flexibility index (Phi) is 40.1. The SMILES string of the molecule is CCCCCCCCCC[N+](CCCCCCCCCC)(CCCCCCCCCC)C(CC)CCCCCCCCC.[Br-]. The van der Waals surface area contributed by atoms with Crippen molar-refractivity contribution in [2.45, 2.75) is 253 Å². The summed E-state index contributed by atoms with van der Waals surface area (Å²) in [4.78, 5) is 0. The van der Waals surface area contributed by atoms with E-state index in [2.05, 4.69) is 34.6 Å². The van der Waals surface area contributed by atoms with Crippen LogP contribution in [0.25, 0.3) is 0 Å². The summed E-state index contributed by atoms with van der Waals surface area (Å²) in [5, 5.41) is 0. The van der Waals surface area contributed by atoms with Gasteiger partial charge >= 0.3 is 0 Å². The first-order chi connectivity index (χ1) is 21.2. The number of halogens is 1. The highest BCUT2D eigenvalue weighted by Gasteiger charge is 2.34. The molecule has 1 atom stereocenters. The second-order valence-electron chi connectivity index (χ2n) is 14.8. The average Bonchev–Trinajstić information content (AvgIpc) is 3.02. The third-order valence-electron chi connectivity index (χ3n) is 10.8. The molecular formula is C42H88BrN. The van der Waals surface area contributed by atoms with Crippen LogP contribution in [0.1, 0.15) is 247 Å². The molecule has 1 nitrogen and oxygen atoms in total. The van der Waals surface area contributed by atoms with Gasteiger partial charge in [0.25, 0.3) is 0 Å². The molecule has 0 bridgehead atoms. The van der Waals surface area contributed by atoms with Crippen molar-refractivity contribution in [1.29, 1.82) is 0 Å². The van der Waals surface area contributed by atoms with Gasteiger partial charge in [-0.2, -0.15) is 0 Å². The van der Waals surface area contributed by atoms with Crippen LogP contribution in [0.5, 0.6) is 0 Å². The number of hydrogen-bond acceptors (Lipinski definition) is 0. The van der Waals surface area contributed by atoms with E-state index in [-0.39, 0.29) is 17.0 Å². The van der Waals surface area contributed by atoms with E-state index in [1.54, 1.807) is 0 Å². The molecule has 0 saturated carbocycles. The van der Waals surface area contributed by atoms with Crippen molar-refractivity contribution in [2.75, 3.05) is 19.6 Å². The van der Waals surface area contributed by atoms with E-state index in [0.29, 0.717) is 0 Å². The molecule has 0 saturated heterocycles. The summed E-state index contributed by atoms with van der Waals surface area (Å²) in [5.41, 5.74) is 0. The maximum atomic E-state index is 2.55. The Morgan fingerprint density at radius 2 is 0.523 bits per heavy atom. The van der Waals surface area contributed by atoms with E-state index in [4.69, 9.17) is 0 Å². The van der Waals surface area contributed by atoms with E-state index in [0.717, 1.165) is 6.04 Å². The van der Waals surface area contributed by atoms with Crippen LogP contribution in [0.4, 0.5) is 0 Å². The first kappa shape index (κ1) is 46.6. The Balaban J connectivity index is 0. The zero-order chi connectivity index (χ0) is 31.5. The van der Waals surface area contributed by atoms with Crippen molar-refractivity contribution in [1.82, 2.24) is 0 Å². The molecule has 0 heterocycles. The number of rotatable bonds is 37.